The summed E-state index contributed by atoms with van der Waals surface area (Å²) in [4.78, 5) is 4.49. The smallest absolute Gasteiger partial charge is 0.205 e. The Kier molecular flexibility index (Phi) is 6.26. The number of tetrazole rings is 1. The number of fused-ring (bicyclic) bond motifs is 1. The van der Waals surface area contributed by atoms with E-state index in [0.29, 0.717) is 11.0 Å². The van der Waals surface area contributed by atoms with E-state index in [2.05, 4.69) is 86.5 Å². The lowest BCUT2D eigenvalue weighted by Crippen LogP contribution is -2.02. The maximum atomic E-state index is 6.43. The van der Waals surface area contributed by atoms with E-state index in [1.165, 1.54) is 11.3 Å². The predicted octanol–water partition coefficient (Wildman–Crippen LogP) is 5.88. The summed E-state index contributed by atoms with van der Waals surface area (Å²) < 4.78 is 2.30. The SMILES string of the molecule is CCc1cc2c(cc(C)n2Cc2ccc(-c3ccccc3-c3nn[nH]n3)cc2)c(Cl)n1.Cl. The highest BCUT2D eigenvalue weighted by Crippen LogP contribution is 2.31. The quantitative estimate of drug-likeness (QED) is 0.329. The van der Waals surface area contributed by atoms with Gasteiger partial charge < -0.3 is 4.57 Å². The minimum atomic E-state index is 0. The number of pyridine rings is 1. The molecule has 1 N–H and O–H groups in total. The van der Waals surface area contributed by atoms with Gasteiger partial charge in [-0.15, -0.1) is 22.6 Å². The van der Waals surface area contributed by atoms with Crippen LogP contribution in [0.4, 0.5) is 0 Å². The molecule has 162 valence electrons. The van der Waals surface area contributed by atoms with Gasteiger partial charge in [0.25, 0.3) is 0 Å². The number of aryl methyl sites for hydroxylation is 2. The number of aromatic nitrogens is 6. The molecule has 2 aromatic carbocycles. The first-order chi connectivity index (χ1) is 15.1. The zero-order valence-electron chi connectivity index (χ0n) is 17.7. The molecule has 3 heterocycles. The highest BCUT2D eigenvalue weighted by atomic mass is 35.5. The van der Waals surface area contributed by atoms with Gasteiger partial charge in [-0.3, -0.25) is 0 Å². The number of hydrogen-bond donors (Lipinski definition) is 1. The number of nitrogens with one attached hydrogen (secondary N) is 1. The first kappa shape index (κ1) is 22.0. The molecule has 0 saturated heterocycles. The van der Waals surface area contributed by atoms with E-state index in [0.717, 1.165) is 46.3 Å². The van der Waals surface area contributed by atoms with Crippen LogP contribution in [0.15, 0.2) is 60.7 Å². The van der Waals surface area contributed by atoms with E-state index in [9.17, 15) is 0 Å². The summed E-state index contributed by atoms with van der Waals surface area (Å²) >= 11 is 6.43. The van der Waals surface area contributed by atoms with Gasteiger partial charge in [-0.2, -0.15) is 5.21 Å². The van der Waals surface area contributed by atoms with Crippen LogP contribution in [0.5, 0.6) is 0 Å². The Bertz CT molecular complexity index is 1360. The summed E-state index contributed by atoms with van der Waals surface area (Å²) in [6, 6.07) is 20.9. The highest BCUT2D eigenvalue weighted by molar-refractivity contribution is 6.34. The molecule has 0 bridgehead atoms. The molecule has 0 aliphatic rings. The second kappa shape index (κ2) is 9.10. The fraction of sp³-hybridized carbons (Fsp3) is 0.167. The lowest BCUT2D eigenvalue weighted by atomic mass is 9.98. The standard InChI is InChI=1S/C24H21ClN6.ClH/c1-3-18-13-22-21(23(25)26-18)12-15(2)31(22)14-16-8-10-17(11-9-16)19-6-4-5-7-20(19)24-27-29-30-28-24;/h4-13H,3,14H2,1-2H3,(H,27,28,29,30);1H. The van der Waals surface area contributed by atoms with Crippen molar-refractivity contribution in [3.05, 3.63) is 82.8 Å². The predicted molar refractivity (Wildman–Crippen MR) is 130 cm³/mol. The molecule has 8 heteroatoms. The van der Waals surface area contributed by atoms with Gasteiger partial charge >= 0.3 is 0 Å². The Hall–Kier alpha value is -3.22. The summed E-state index contributed by atoms with van der Waals surface area (Å²) in [6.07, 6.45) is 0.856. The molecular weight excluding hydrogens is 443 g/mol. The molecule has 6 nitrogen and oxygen atoms in total. The summed E-state index contributed by atoms with van der Waals surface area (Å²) in [5, 5.41) is 16.1. The highest BCUT2D eigenvalue weighted by Gasteiger charge is 2.13. The number of halogens is 2. The number of nitrogens with zero attached hydrogens (tertiary/aromatic N) is 5. The van der Waals surface area contributed by atoms with Gasteiger partial charge in [-0.25, -0.2) is 4.98 Å². The normalized spacial score (nSPS) is 11.0. The van der Waals surface area contributed by atoms with Crippen molar-refractivity contribution in [1.29, 1.82) is 0 Å². The van der Waals surface area contributed by atoms with E-state index < -0.39 is 0 Å². The van der Waals surface area contributed by atoms with Gasteiger partial charge in [0.15, 0.2) is 0 Å². The fourth-order valence-corrected chi connectivity index (χ4v) is 4.22. The van der Waals surface area contributed by atoms with Crippen molar-refractivity contribution in [3.8, 4) is 22.5 Å². The molecule has 0 fully saturated rings. The molecule has 0 aliphatic heterocycles. The van der Waals surface area contributed by atoms with Gasteiger partial charge in [-0.1, -0.05) is 67.1 Å². The molecule has 3 aromatic heterocycles. The van der Waals surface area contributed by atoms with Crippen LogP contribution in [0.1, 0.15) is 23.9 Å². The van der Waals surface area contributed by atoms with Gasteiger partial charge in [0.2, 0.25) is 5.82 Å². The van der Waals surface area contributed by atoms with Crippen LogP contribution < -0.4 is 0 Å². The van der Waals surface area contributed by atoms with Crippen molar-refractivity contribution in [2.45, 2.75) is 26.8 Å². The lowest BCUT2D eigenvalue weighted by molar-refractivity contribution is 0.803. The number of hydrogen-bond acceptors (Lipinski definition) is 4. The number of H-pyrrole nitrogens is 1. The van der Waals surface area contributed by atoms with E-state index >= 15 is 0 Å². The van der Waals surface area contributed by atoms with Crippen LogP contribution in [0.3, 0.4) is 0 Å². The number of aromatic amines is 1. The number of benzene rings is 2. The van der Waals surface area contributed by atoms with E-state index in [1.54, 1.807) is 0 Å². The Morgan fingerprint density at radius 3 is 2.44 bits per heavy atom. The first-order valence-corrected chi connectivity index (χ1v) is 10.6. The maximum absolute atomic E-state index is 6.43. The third-order valence-electron chi connectivity index (χ3n) is 5.59. The molecule has 5 rings (SSSR count). The second-order valence-corrected chi connectivity index (χ2v) is 7.90. The van der Waals surface area contributed by atoms with E-state index in [1.807, 2.05) is 18.2 Å². The monoisotopic (exact) mass is 464 g/mol. The van der Waals surface area contributed by atoms with Crippen LogP contribution in [-0.2, 0) is 13.0 Å². The molecule has 0 atom stereocenters. The molecule has 32 heavy (non-hydrogen) atoms. The summed E-state index contributed by atoms with van der Waals surface area (Å²) in [5.74, 6) is 0.589. The van der Waals surface area contributed by atoms with Crippen LogP contribution in [0, 0.1) is 6.92 Å². The Labute approximate surface area is 197 Å². The van der Waals surface area contributed by atoms with E-state index in [4.69, 9.17) is 11.6 Å². The Morgan fingerprint density at radius 1 is 1.00 bits per heavy atom. The molecule has 5 aromatic rings. The van der Waals surface area contributed by atoms with Crippen molar-refractivity contribution >= 4 is 34.9 Å². The minimum Gasteiger partial charge on any atom is -0.340 e. The molecule has 0 amide bonds. The van der Waals surface area contributed by atoms with E-state index in [-0.39, 0.29) is 12.4 Å². The summed E-state index contributed by atoms with van der Waals surface area (Å²) in [5.41, 5.74) is 7.64. The number of rotatable bonds is 5. The molecule has 0 saturated carbocycles. The van der Waals surface area contributed by atoms with Crippen molar-refractivity contribution in [2.75, 3.05) is 0 Å². The zero-order valence-corrected chi connectivity index (χ0v) is 19.3. The van der Waals surface area contributed by atoms with Crippen molar-refractivity contribution in [1.82, 2.24) is 30.2 Å². The lowest BCUT2D eigenvalue weighted by Gasteiger charge is -2.11. The largest absolute Gasteiger partial charge is 0.340 e. The average molecular weight is 465 g/mol. The summed E-state index contributed by atoms with van der Waals surface area (Å²) in [6.45, 7) is 4.97. The maximum Gasteiger partial charge on any atom is 0.205 e. The summed E-state index contributed by atoms with van der Waals surface area (Å²) in [7, 11) is 0. The van der Waals surface area contributed by atoms with Crippen LogP contribution in [0.25, 0.3) is 33.4 Å². The van der Waals surface area contributed by atoms with Crippen LogP contribution in [0.2, 0.25) is 5.15 Å². The van der Waals surface area contributed by atoms with Gasteiger partial charge in [0.05, 0.1) is 5.52 Å². The van der Waals surface area contributed by atoms with Gasteiger partial charge in [0.1, 0.15) is 5.15 Å². The minimum absolute atomic E-state index is 0. The van der Waals surface area contributed by atoms with Crippen molar-refractivity contribution < 1.29 is 0 Å². The fourth-order valence-electron chi connectivity index (χ4n) is 3.96. The molecule has 0 radical (unpaired) electrons. The Morgan fingerprint density at radius 2 is 1.75 bits per heavy atom. The van der Waals surface area contributed by atoms with Crippen molar-refractivity contribution in [3.63, 3.8) is 0 Å². The van der Waals surface area contributed by atoms with Gasteiger partial charge in [-0.05, 0) is 47.4 Å². The molecule has 0 aliphatic carbocycles. The third kappa shape index (κ3) is 3.99. The van der Waals surface area contributed by atoms with Crippen LogP contribution in [-0.4, -0.2) is 30.2 Å². The third-order valence-corrected chi connectivity index (χ3v) is 5.88. The molecule has 0 unspecified atom stereocenters. The zero-order chi connectivity index (χ0) is 21.4. The van der Waals surface area contributed by atoms with Crippen molar-refractivity contribution in [2.24, 2.45) is 0 Å². The first-order valence-electron chi connectivity index (χ1n) is 10.2. The second-order valence-electron chi connectivity index (χ2n) is 7.54. The topological polar surface area (TPSA) is 72.3 Å². The van der Waals surface area contributed by atoms with Crippen LogP contribution >= 0.6 is 24.0 Å². The van der Waals surface area contributed by atoms with Gasteiger partial charge in [0, 0.05) is 28.9 Å². The Balaban J connectivity index is 0.00000245. The molecular formula is C24H22Cl2N6. The average Bonchev–Trinajstić information content (AvgIpc) is 3.44. The molecule has 0 spiro atoms.